The van der Waals surface area contributed by atoms with Gasteiger partial charge in [0.25, 0.3) is 0 Å². The van der Waals surface area contributed by atoms with Crippen LogP contribution in [0.15, 0.2) is 61.0 Å². The van der Waals surface area contributed by atoms with Crippen LogP contribution in [-0.4, -0.2) is 16.5 Å². The van der Waals surface area contributed by atoms with E-state index in [1.807, 2.05) is 31.3 Å². The summed E-state index contributed by atoms with van der Waals surface area (Å²) in [5.74, 6) is 1.74. The molecule has 0 bridgehead atoms. The van der Waals surface area contributed by atoms with E-state index >= 15 is 0 Å². The third kappa shape index (κ3) is 4.11. The number of aryl methyl sites for hydroxylation is 2. The number of nitrogens with one attached hydrogen (secondary N) is 1. The molecule has 0 spiro atoms. The van der Waals surface area contributed by atoms with Crippen LogP contribution in [0.2, 0.25) is 0 Å². The Balaban J connectivity index is 1.60. The van der Waals surface area contributed by atoms with Crippen LogP contribution < -0.4 is 10.1 Å². The van der Waals surface area contributed by atoms with Crippen molar-refractivity contribution in [2.45, 2.75) is 26.9 Å². The van der Waals surface area contributed by atoms with Gasteiger partial charge in [-0.25, -0.2) is 4.98 Å². The first-order valence-corrected chi connectivity index (χ1v) is 9.51. The van der Waals surface area contributed by atoms with Gasteiger partial charge in [0.1, 0.15) is 18.1 Å². The van der Waals surface area contributed by atoms with E-state index in [4.69, 9.17) is 9.72 Å². The number of nitrogens with zero attached hydrogens (tertiary/aromatic N) is 2. The highest BCUT2D eigenvalue weighted by Gasteiger charge is 2.22. The van der Waals surface area contributed by atoms with E-state index in [1.165, 1.54) is 5.56 Å². The van der Waals surface area contributed by atoms with Crippen molar-refractivity contribution in [3.05, 3.63) is 83.6 Å². The fraction of sp³-hybridized carbons (Fsp3) is 0.304. The Bertz CT molecular complexity index is 914. The van der Waals surface area contributed by atoms with Crippen molar-refractivity contribution in [2.24, 2.45) is 11.8 Å². The SMILES string of the molecule is Cc1ccnc(COc2ccc(C)nc2C2=CC3C=CNCCC3C=C2)c1. The van der Waals surface area contributed by atoms with Gasteiger partial charge in [-0.1, -0.05) is 24.3 Å². The van der Waals surface area contributed by atoms with Gasteiger partial charge in [-0.05, 0) is 62.2 Å². The molecule has 3 heterocycles. The second-order valence-corrected chi connectivity index (χ2v) is 7.24. The average Bonchev–Trinajstić information content (AvgIpc) is 2.92. The molecule has 2 unspecified atom stereocenters. The molecule has 0 radical (unpaired) electrons. The molecule has 0 saturated carbocycles. The number of fused-ring (bicyclic) bond motifs is 1. The lowest BCUT2D eigenvalue weighted by molar-refractivity contribution is 0.299. The van der Waals surface area contributed by atoms with E-state index in [2.05, 4.69) is 53.8 Å². The number of pyridine rings is 2. The molecule has 4 heteroatoms. The van der Waals surface area contributed by atoms with E-state index in [0.29, 0.717) is 18.4 Å². The molecule has 27 heavy (non-hydrogen) atoms. The Morgan fingerprint density at radius 2 is 2.11 bits per heavy atom. The lowest BCUT2D eigenvalue weighted by Crippen LogP contribution is -2.14. The number of rotatable bonds is 4. The molecule has 4 nitrogen and oxygen atoms in total. The van der Waals surface area contributed by atoms with Gasteiger partial charge >= 0.3 is 0 Å². The first-order chi connectivity index (χ1) is 13.2. The van der Waals surface area contributed by atoms with Gasteiger partial charge in [0.2, 0.25) is 0 Å². The van der Waals surface area contributed by atoms with Crippen molar-refractivity contribution >= 4 is 5.57 Å². The van der Waals surface area contributed by atoms with E-state index in [1.54, 1.807) is 0 Å². The number of aromatic nitrogens is 2. The smallest absolute Gasteiger partial charge is 0.146 e. The van der Waals surface area contributed by atoms with Gasteiger partial charge < -0.3 is 10.1 Å². The summed E-state index contributed by atoms with van der Waals surface area (Å²) in [5.41, 5.74) is 5.12. The highest BCUT2D eigenvalue weighted by Crippen LogP contribution is 2.34. The van der Waals surface area contributed by atoms with Gasteiger partial charge in [0, 0.05) is 29.9 Å². The second kappa shape index (κ2) is 7.78. The number of hydrogen-bond donors (Lipinski definition) is 1. The first-order valence-electron chi connectivity index (χ1n) is 9.51. The summed E-state index contributed by atoms with van der Waals surface area (Å²) in [7, 11) is 0. The highest BCUT2D eigenvalue weighted by atomic mass is 16.5. The summed E-state index contributed by atoms with van der Waals surface area (Å²) < 4.78 is 6.12. The van der Waals surface area contributed by atoms with Crippen LogP contribution in [-0.2, 0) is 6.61 Å². The Hall–Kier alpha value is -2.88. The van der Waals surface area contributed by atoms with Gasteiger partial charge in [-0.3, -0.25) is 4.98 Å². The van der Waals surface area contributed by atoms with Crippen LogP contribution in [0.4, 0.5) is 0 Å². The highest BCUT2D eigenvalue weighted by molar-refractivity contribution is 5.77. The van der Waals surface area contributed by atoms with Crippen molar-refractivity contribution in [1.29, 1.82) is 0 Å². The zero-order valence-electron chi connectivity index (χ0n) is 15.9. The number of hydrogen-bond acceptors (Lipinski definition) is 4. The molecular weight excluding hydrogens is 334 g/mol. The fourth-order valence-corrected chi connectivity index (χ4v) is 3.60. The molecular formula is C23H25N3O. The largest absolute Gasteiger partial charge is 0.485 e. The summed E-state index contributed by atoms with van der Waals surface area (Å²) in [6, 6.07) is 8.05. The fourth-order valence-electron chi connectivity index (χ4n) is 3.60. The standard InChI is InChI=1S/C23H25N3O/c1-16-7-12-25-21(13-16)15-27-22-6-3-17(2)26-23(22)20-5-4-18-8-10-24-11-9-19(18)14-20/h3-7,9,11-14,18-19,24H,8,10,15H2,1-2H3. The first kappa shape index (κ1) is 17.5. The quantitative estimate of drug-likeness (QED) is 0.881. The van der Waals surface area contributed by atoms with Gasteiger partial charge in [-0.2, -0.15) is 0 Å². The summed E-state index contributed by atoms with van der Waals surface area (Å²) in [6.45, 7) is 5.53. The molecule has 1 aliphatic carbocycles. The summed E-state index contributed by atoms with van der Waals surface area (Å²) in [6.07, 6.45) is 14.1. The minimum absolute atomic E-state index is 0.397. The maximum Gasteiger partial charge on any atom is 0.146 e. The summed E-state index contributed by atoms with van der Waals surface area (Å²) in [4.78, 5) is 9.17. The molecule has 2 aromatic heterocycles. The van der Waals surface area contributed by atoms with Crippen LogP contribution in [0, 0.1) is 25.7 Å². The van der Waals surface area contributed by atoms with E-state index in [0.717, 1.165) is 41.4 Å². The van der Waals surface area contributed by atoms with Crippen molar-refractivity contribution in [3.63, 3.8) is 0 Å². The Labute approximate surface area is 160 Å². The van der Waals surface area contributed by atoms with E-state index < -0.39 is 0 Å². The van der Waals surface area contributed by atoms with Crippen LogP contribution in [0.3, 0.4) is 0 Å². The van der Waals surface area contributed by atoms with Crippen molar-refractivity contribution in [2.75, 3.05) is 6.54 Å². The van der Waals surface area contributed by atoms with E-state index in [9.17, 15) is 0 Å². The molecule has 1 aliphatic heterocycles. The Kier molecular flexibility index (Phi) is 5.05. The summed E-state index contributed by atoms with van der Waals surface area (Å²) >= 11 is 0. The van der Waals surface area contributed by atoms with Crippen LogP contribution in [0.5, 0.6) is 5.75 Å². The third-order valence-corrected chi connectivity index (χ3v) is 5.07. The van der Waals surface area contributed by atoms with Crippen molar-refractivity contribution < 1.29 is 4.74 Å². The molecule has 1 N–H and O–H groups in total. The molecule has 0 aromatic carbocycles. The second-order valence-electron chi connectivity index (χ2n) is 7.24. The minimum atomic E-state index is 0.397. The molecule has 0 saturated heterocycles. The van der Waals surface area contributed by atoms with Gasteiger partial charge in [-0.15, -0.1) is 0 Å². The summed E-state index contributed by atoms with van der Waals surface area (Å²) in [5, 5.41) is 3.33. The molecule has 0 fully saturated rings. The van der Waals surface area contributed by atoms with Gasteiger partial charge in [0.15, 0.2) is 0 Å². The number of ether oxygens (including phenoxy) is 1. The molecule has 138 valence electrons. The molecule has 2 atom stereocenters. The lowest BCUT2D eigenvalue weighted by atomic mass is 9.83. The van der Waals surface area contributed by atoms with Crippen LogP contribution >= 0.6 is 0 Å². The lowest BCUT2D eigenvalue weighted by Gasteiger charge is -2.23. The molecule has 2 aliphatic rings. The van der Waals surface area contributed by atoms with Crippen molar-refractivity contribution in [3.8, 4) is 5.75 Å². The Morgan fingerprint density at radius 1 is 1.19 bits per heavy atom. The number of allylic oxidation sites excluding steroid dienone is 5. The van der Waals surface area contributed by atoms with Crippen LogP contribution in [0.25, 0.3) is 5.57 Å². The molecule has 0 amide bonds. The predicted octanol–water partition coefficient (Wildman–Crippen LogP) is 4.37. The van der Waals surface area contributed by atoms with Crippen LogP contribution in [0.1, 0.15) is 29.1 Å². The Morgan fingerprint density at radius 3 is 3.00 bits per heavy atom. The monoisotopic (exact) mass is 359 g/mol. The predicted molar refractivity (Wildman–Crippen MR) is 108 cm³/mol. The normalized spacial score (nSPS) is 21.0. The average molecular weight is 359 g/mol. The third-order valence-electron chi connectivity index (χ3n) is 5.07. The topological polar surface area (TPSA) is 47.0 Å². The minimum Gasteiger partial charge on any atom is -0.485 e. The maximum atomic E-state index is 6.12. The van der Waals surface area contributed by atoms with E-state index in [-0.39, 0.29) is 0 Å². The maximum absolute atomic E-state index is 6.12. The zero-order valence-corrected chi connectivity index (χ0v) is 15.9. The van der Waals surface area contributed by atoms with Gasteiger partial charge in [0.05, 0.1) is 5.69 Å². The molecule has 4 rings (SSSR count). The van der Waals surface area contributed by atoms with Crippen molar-refractivity contribution in [1.82, 2.24) is 15.3 Å². The zero-order chi connectivity index (χ0) is 18.6. The molecule has 2 aromatic rings.